The second-order valence-corrected chi connectivity index (χ2v) is 9.41. The van der Waals surface area contributed by atoms with E-state index >= 15 is 0 Å². The Bertz CT molecular complexity index is 702. The zero-order valence-corrected chi connectivity index (χ0v) is 13.9. The van der Waals surface area contributed by atoms with E-state index in [1.165, 1.54) is 16.2 Å². The van der Waals surface area contributed by atoms with Crippen molar-refractivity contribution in [3.05, 3.63) is 84.4 Å². The third kappa shape index (κ3) is 2.93. The number of benzene rings is 2. The summed E-state index contributed by atoms with van der Waals surface area (Å²) in [6, 6.07) is 21.7. The average molecular weight is 307 g/mol. The molecule has 0 saturated heterocycles. The molecule has 0 unspecified atom stereocenters. The molecule has 0 spiro atoms. The lowest BCUT2D eigenvalue weighted by molar-refractivity contribution is 1.04. The number of aryl methyl sites for hydroxylation is 1. The van der Waals surface area contributed by atoms with Crippen LogP contribution < -0.4 is 10.6 Å². The van der Waals surface area contributed by atoms with Gasteiger partial charge in [-0.1, -0.05) is 36.4 Å². The molecule has 0 fully saturated rings. The van der Waals surface area contributed by atoms with Crippen molar-refractivity contribution in [2.24, 2.45) is 0 Å². The fourth-order valence-electron chi connectivity index (χ4n) is 2.74. The number of hydrogen-bond acceptors (Lipinski definition) is 2. The predicted molar refractivity (Wildman–Crippen MR) is 95.5 cm³/mol. The van der Waals surface area contributed by atoms with Crippen LogP contribution in [0.1, 0.15) is 11.3 Å². The van der Waals surface area contributed by atoms with Gasteiger partial charge in [-0.15, -0.1) is 0 Å². The van der Waals surface area contributed by atoms with Crippen LogP contribution in [0, 0.1) is 6.92 Å². The molecular formula is C19H20N2P+. The molecule has 0 bridgehead atoms. The third-order valence-corrected chi connectivity index (χ3v) is 7.93. The van der Waals surface area contributed by atoms with Crippen LogP contribution in [-0.4, -0.2) is 16.6 Å². The molecule has 0 atom stereocenters. The largest absolute Gasteiger partial charge is 0.245 e. The van der Waals surface area contributed by atoms with E-state index in [9.17, 15) is 0 Å². The van der Waals surface area contributed by atoms with E-state index < -0.39 is 7.26 Å². The lowest BCUT2D eigenvalue weighted by Crippen LogP contribution is -2.23. The van der Waals surface area contributed by atoms with Crippen molar-refractivity contribution < 1.29 is 0 Å². The summed E-state index contributed by atoms with van der Waals surface area (Å²) in [5, 5.41) is 2.83. The van der Waals surface area contributed by atoms with Crippen molar-refractivity contribution in [3.63, 3.8) is 0 Å². The Kier molecular flexibility index (Phi) is 4.31. The molecule has 1 heterocycles. The SMILES string of the molecule is Cc1cncnc1C[P+](C)(c1ccccc1)c1ccccc1. The zero-order valence-electron chi connectivity index (χ0n) is 13.0. The Morgan fingerprint density at radius 1 is 0.864 bits per heavy atom. The average Bonchev–Trinajstić information content (AvgIpc) is 2.58. The van der Waals surface area contributed by atoms with Crippen LogP contribution in [0.3, 0.4) is 0 Å². The van der Waals surface area contributed by atoms with Crippen LogP contribution in [0.15, 0.2) is 73.2 Å². The fourth-order valence-corrected chi connectivity index (χ4v) is 5.99. The van der Waals surface area contributed by atoms with Crippen molar-refractivity contribution >= 4 is 17.9 Å². The van der Waals surface area contributed by atoms with Gasteiger partial charge >= 0.3 is 0 Å². The van der Waals surface area contributed by atoms with E-state index in [2.05, 4.69) is 84.2 Å². The van der Waals surface area contributed by atoms with Gasteiger partial charge in [-0.05, 0) is 36.8 Å². The second kappa shape index (κ2) is 6.37. The second-order valence-electron chi connectivity index (χ2n) is 5.67. The summed E-state index contributed by atoms with van der Waals surface area (Å²) in [4.78, 5) is 8.65. The normalized spacial score (nSPS) is 11.4. The van der Waals surface area contributed by atoms with E-state index in [1.54, 1.807) is 6.33 Å². The van der Waals surface area contributed by atoms with Crippen LogP contribution in [0.2, 0.25) is 0 Å². The lowest BCUT2D eigenvalue weighted by Gasteiger charge is -2.23. The van der Waals surface area contributed by atoms with Crippen LogP contribution in [0.5, 0.6) is 0 Å². The molecule has 0 aliphatic rings. The Hall–Kier alpha value is -2.05. The standard InChI is InChI=1S/C19H20N2P/c1-16-13-20-15-21-19(16)14-22(2,17-9-5-3-6-10-17)18-11-7-4-8-12-18/h3-13,15H,14H2,1-2H3/q+1. The van der Waals surface area contributed by atoms with Crippen LogP contribution in [0.25, 0.3) is 0 Å². The smallest absolute Gasteiger partial charge is 0.115 e. The maximum atomic E-state index is 4.53. The number of rotatable bonds is 4. The first-order valence-corrected chi connectivity index (χ1v) is 9.84. The minimum absolute atomic E-state index is 0.968. The van der Waals surface area contributed by atoms with Gasteiger partial charge in [-0.25, -0.2) is 9.97 Å². The highest BCUT2D eigenvalue weighted by Crippen LogP contribution is 2.55. The molecule has 0 N–H and O–H groups in total. The Balaban J connectivity index is 2.10. The van der Waals surface area contributed by atoms with Crippen molar-refractivity contribution in [1.82, 2.24) is 9.97 Å². The van der Waals surface area contributed by atoms with E-state index in [0.29, 0.717) is 0 Å². The predicted octanol–water partition coefficient (Wildman–Crippen LogP) is 3.58. The quantitative estimate of drug-likeness (QED) is 0.689. The van der Waals surface area contributed by atoms with Crippen molar-refractivity contribution in [2.45, 2.75) is 13.1 Å². The van der Waals surface area contributed by atoms with Gasteiger partial charge in [-0.2, -0.15) is 0 Å². The van der Waals surface area contributed by atoms with Gasteiger partial charge < -0.3 is 0 Å². The van der Waals surface area contributed by atoms with Crippen LogP contribution >= 0.6 is 7.26 Å². The monoisotopic (exact) mass is 307 g/mol. The molecule has 1 aromatic heterocycles. The van der Waals surface area contributed by atoms with Crippen molar-refractivity contribution in [1.29, 1.82) is 0 Å². The Morgan fingerprint density at radius 2 is 1.41 bits per heavy atom. The van der Waals surface area contributed by atoms with Crippen molar-refractivity contribution in [2.75, 3.05) is 6.66 Å². The Labute approximate surface area is 132 Å². The molecule has 3 heteroatoms. The minimum Gasteiger partial charge on any atom is -0.245 e. The van der Waals surface area contributed by atoms with Crippen molar-refractivity contribution in [3.8, 4) is 0 Å². The molecule has 2 nitrogen and oxygen atoms in total. The van der Waals surface area contributed by atoms with Gasteiger partial charge in [-0.3, -0.25) is 0 Å². The first kappa shape index (κ1) is 14.9. The summed E-state index contributed by atoms with van der Waals surface area (Å²) in [7, 11) is -1.51. The molecule has 0 amide bonds. The fraction of sp³-hybridized carbons (Fsp3) is 0.158. The summed E-state index contributed by atoms with van der Waals surface area (Å²) in [6.07, 6.45) is 4.53. The van der Waals surface area contributed by atoms with E-state index in [0.717, 1.165) is 11.9 Å². The van der Waals surface area contributed by atoms with Gasteiger partial charge in [0.25, 0.3) is 0 Å². The molecule has 22 heavy (non-hydrogen) atoms. The third-order valence-electron chi connectivity index (χ3n) is 4.12. The molecule has 0 saturated carbocycles. The summed E-state index contributed by atoms with van der Waals surface area (Å²) in [5.74, 6) is 0. The maximum Gasteiger partial charge on any atom is 0.115 e. The van der Waals surface area contributed by atoms with Crippen LogP contribution in [0.4, 0.5) is 0 Å². The molecule has 0 aliphatic carbocycles. The maximum absolute atomic E-state index is 4.53. The number of hydrogen-bond donors (Lipinski definition) is 0. The number of nitrogens with zero attached hydrogens (tertiary/aromatic N) is 2. The Morgan fingerprint density at radius 3 is 1.91 bits per heavy atom. The molecule has 2 aromatic carbocycles. The topological polar surface area (TPSA) is 25.8 Å². The molecular weight excluding hydrogens is 287 g/mol. The van der Waals surface area contributed by atoms with Gasteiger partial charge in [0.15, 0.2) is 0 Å². The molecule has 0 radical (unpaired) electrons. The molecule has 3 aromatic rings. The van der Waals surface area contributed by atoms with Crippen LogP contribution in [-0.2, 0) is 6.16 Å². The summed E-state index contributed by atoms with van der Waals surface area (Å²) < 4.78 is 0. The highest BCUT2D eigenvalue weighted by Gasteiger charge is 2.38. The minimum atomic E-state index is -1.51. The molecule has 0 aliphatic heterocycles. The summed E-state index contributed by atoms with van der Waals surface area (Å²) in [5.41, 5.74) is 2.32. The summed E-state index contributed by atoms with van der Waals surface area (Å²) in [6.45, 7) is 4.49. The van der Waals surface area contributed by atoms with E-state index in [1.807, 2.05) is 6.20 Å². The highest BCUT2D eigenvalue weighted by atomic mass is 31.2. The van der Waals surface area contributed by atoms with E-state index in [-0.39, 0.29) is 0 Å². The highest BCUT2D eigenvalue weighted by molar-refractivity contribution is 7.88. The number of aromatic nitrogens is 2. The first-order valence-electron chi connectivity index (χ1n) is 7.42. The van der Waals surface area contributed by atoms with Gasteiger partial charge in [0.1, 0.15) is 12.5 Å². The lowest BCUT2D eigenvalue weighted by atomic mass is 10.3. The zero-order chi connectivity index (χ0) is 15.4. The summed E-state index contributed by atoms with van der Waals surface area (Å²) >= 11 is 0. The first-order chi connectivity index (χ1) is 10.7. The molecule has 3 rings (SSSR count). The molecule has 110 valence electrons. The van der Waals surface area contributed by atoms with E-state index in [4.69, 9.17) is 0 Å². The van der Waals surface area contributed by atoms with Gasteiger partial charge in [0.2, 0.25) is 0 Å². The van der Waals surface area contributed by atoms with Gasteiger partial charge in [0, 0.05) is 6.20 Å². The van der Waals surface area contributed by atoms with Gasteiger partial charge in [0.05, 0.1) is 30.2 Å².